The van der Waals surface area contributed by atoms with E-state index in [1.807, 2.05) is 0 Å². The Morgan fingerprint density at radius 2 is 1.75 bits per heavy atom. The molecule has 1 aromatic heterocycles. The van der Waals surface area contributed by atoms with Gasteiger partial charge in [0.25, 0.3) is 0 Å². The quantitative estimate of drug-likeness (QED) is 0.696. The van der Waals surface area contributed by atoms with Gasteiger partial charge in [0.1, 0.15) is 11.4 Å². The molecule has 1 unspecified atom stereocenters. The van der Waals surface area contributed by atoms with Crippen molar-refractivity contribution in [3.05, 3.63) is 11.4 Å². The highest BCUT2D eigenvalue weighted by Crippen LogP contribution is 2.24. The topological polar surface area (TPSA) is 38.9 Å². The summed E-state index contributed by atoms with van der Waals surface area (Å²) >= 11 is 0. The molecular formula is C9H16N2O. The van der Waals surface area contributed by atoms with Crippen molar-refractivity contribution in [3.63, 3.8) is 0 Å². The first-order valence-electron chi connectivity index (χ1n) is 4.49. The minimum absolute atomic E-state index is 0.403. The van der Waals surface area contributed by atoms with Crippen LogP contribution in [0.4, 0.5) is 0 Å². The van der Waals surface area contributed by atoms with Crippen LogP contribution in [0.1, 0.15) is 57.3 Å². The Kier molecular flexibility index (Phi) is 2.84. The van der Waals surface area contributed by atoms with Gasteiger partial charge in [-0.25, -0.2) is 4.63 Å². The summed E-state index contributed by atoms with van der Waals surface area (Å²) in [5, 5.41) is 7.82. The summed E-state index contributed by atoms with van der Waals surface area (Å²) in [4.78, 5) is 0. The van der Waals surface area contributed by atoms with E-state index in [1.165, 1.54) is 0 Å². The van der Waals surface area contributed by atoms with Gasteiger partial charge in [0.2, 0.25) is 0 Å². The molecule has 0 fully saturated rings. The summed E-state index contributed by atoms with van der Waals surface area (Å²) in [6.07, 6.45) is 1.08. The van der Waals surface area contributed by atoms with E-state index >= 15 is 0 Å². The monoisotopic (exact) mass is 168 g/mol. The predicted molar refractivity (Wildman–Crippen MR) is 47.1 cm³/mol. The second-order valence-electron chi connectivity index (χ2n) is 3.50. The van der Waals surface area contributed by atoms with Gasteiger partial charge in [0, 0.05) is 11.8 Å². The third-order valence-corrected chi connectivity index (χ3v) is 2.17. The minimum atomic E-state index is 0.403. The van der Waals surface area contributed by atoms with Crippen molar-refractivity contribution in [3.8, 4) is 0 Å². The van der Waals surface area contributed by atoms with Gasteiger partial charge >= 0.3 is 0 Å². The van der Waals surface area contributed by atoms with Crippen molar-refractivity contribution < 1.29 is 4.63 Å². The van der Waals surface area contributed by atoms with Crippen LogP contribution in [0.3, 0.4) is 0 Å². The van der Waals surface area contributed by atoms with E-state index in [4.69, 9.17) is 4.63 Å². The van der Waals surface area contributed by atoms with Gasteiger partial charge in [0.15, 0.2) is 0 Å². The average Bonchev–Trinajstić information content (AvgIpc) is 2.50. The van der Waals surface area contributed by atoms with Gasteiger partial charge in [0.05, 0.1) is 0 Å². The Morgan fingerprint density at radius 3 is 2.25 bits per heavy atom. The van der Waals surface area contributed by atoms with Crippen molar-refractivity contribution >= 4 is 0 Å². The predicted octanol–water partition coefficient (Wildman–Crippen LogP) is 2.71. The summed E-state index contributed by atoms with van der Waals surface area (Å²) in [6.45, 7) is 8.49. The summed E-state index contributed by atoms with van der Waals surface area (Å²) in [5.74, 6) is 0.855. The highest BCUT2D eigenvalue weighted by atomic mass is 16.6. The maximum Gasteiger partial charge on any atom is 0.111 e. The molecule has 0 aliphatic heterocycles. The minimum Gasteiger partial charge on any atom is -0.244 e. The first-order valence-corrected chi connectivity index (χ1v) is 4.49. The summed E-state index contributed by atoms with van der Waals surface area (Å²) in [5.41, 5.74) is 2.02. The van der Waals surface area contributed by atoms with Crippen molar-refractivity contribution in [1.29, 1.82) is 0 Å². The fourth-order valence-corrected chi connectivity index (χ4v) is 1.14. The lowest BCUT2D eigenvalue weighted by Crippen LogP contribution is -1.99. The van der Waals surface area contributed by atoms with Crippen LogP contribution < -0.4 is 0 Å². The molecule has 12 heavy (non-hydrogen) atoms. The van der Waals surface area contributed by atoms with Gasteiger partial charge in [-0.1, -0.05) is 38.0 Å². The van der Waals surface area contributed by atoms with Crippen LogP contribution in [0.15, 0.2) is 4.63 Å². The number of hydrogen-bond donors (Lipinski definition) is 0. The van der Waals surface area contributed by atoms with Crippen molar-refractivity contribution in [1.82, 2.24) is 10.3 Å². The molecule has 3 nitrogen and oxygen atoms in total. The lowest BCUT2D eigenvalue weighted by atomic mass is 9.98. The van der Waals surface area contributed by atoms with E-state index in [9.17, 15) is 0 Å². The van der Waals surface area contributed by atoms with Crippen LogP contribution in [-0.2, 0) is 0 Å². The molecule has 1 heterocycles. The molecule has 1 rings (SSSR count). The zero-order valence-electron chi connectivity index (χ0n) is 8.16. The van der Waals surface area contributed by atoms with E-state index < -0.39 is 0 Å². The van der Waals surface area contributed by atoms with E-state index in [1.54, 1.807) is 0 Å². The zero-order chi connectivity index (χ0) is 9.14. The summed E-state index contributed by atoms with van der Waals surface area (Å²) < 4.78 is 4.73. The van der Waals surface area contributed by atoms with E-state index in [0.717, 1.165) is 17.8 Å². The third kappa shape index (κ3) is 1.65. The molecule has 0 aliphatic carbocycles. The van der Waals surface area contributed by atoms with Crippen LogP contribution in [0.2, 0.25) is 0 Å². The van der Waals surface area contributed by atoms with Gasteiger partial charge in [-0.15, -0.1) is 0 Å². The van der Waals surface area contributed by atoms with Gasteiger partial charge < -0.3 is 0 Å². The van der Waals surface area contributed by atoms with Crippen LogP contribution in [0, 0.1) is 0 Å². The Bertz CT molecular complexity index is 242. The second kappa shape index (κ2) is 3.70. The SMILES string of the molecule is CCC(C)c1nonc1C(C)C. The maximum atomic E-state index is 4.73. The molecule has 1 aromatic rings. The summed E-state index contributed by atoms with van der Waals surface area (Å²) in [7, 11) is 0. The highest BCUT2D eigenvalue weighted by molar-refractivity contribution is 5.15. The second-order valence-corrected chi connectivity index (χ2v) is 3.50. The van der Waals surface area contributed by atoms with Crippen LogP contribution in [-0.4, -0.2) is 10.3 Å². The molecule has 0 saturated carbocycles. The van der Waals surface area contributed by atoms with Gasteiger partial charge in [-0.3, -0.25) is 0 Å². The molecule has 0 spiro atoms. The average molecular weight is 168 g/mol. The fourth-order valence-electron chi connectivity index (χ4n) is 1.14. The Balaban J connectivity index is 2.91. The van der Waals surface area contributed by atoms with Crippen LogP contribution >= 0.6 is 0 Å². The lowest BCUT2D eigenvalue weighted by Gasteiger charge is -2.06. The van der Waals surface area contributed by atoms with Crippen LogP contribution in [0.5, 0.6) is 0 Å². The molecule has 1 atom stereocenters. The maximum absolute atomic E-state index is 4.73. The van der Waals surface area contributed by atoms with E-state index in [-0.39, 0.29) is 0 Å². The molecule has 0 amide bonds. The number of hydrogen-bond acceptors (Lipinski definition) is 3. The lowest BCUT2D eigenvalue weighted by molar-refractivity contribution is 0.297. The van der Waals surface area contributed by atoms with Crippen molar-refractivity contribution in [2.24, 2.45) is 0 Å². The van der Waals surface area contributed by atoms with E-state index in [2.05, 4.69) is 38.0 Å². The van der Waals surface area contributed by atoms with Gasteiger partial charge in [-0.05, 0) is 6.42 Å². The van der Waals surface area contributed by atoms with Crippen molar-refractivity contribution in [2.45, 2.75) is 46.0 Å². The molecule has 0 N–H and O–H groups in total. The first-order chi connectivity index (χ1) is 5.66. The highest BCUT2D eigenvalue weighted by Gasteiger charge is 2.17. The number of rotatable bonds is 3. The van der Waals surface area contributed by atoms with Gasteiger partial charge in [-0.2, -0.15) is 0 Å². The third-order valence-electron chi connectivity index (χ3n) is 2.17. The first kappa shape index (κ1) is 9.23. The number of aromatic nitrogens is 2. The molecule has 0 radical (unpaired) electrons. The molecule has 68 valence electrons. The molecule has 0 bridgehead atoms. The smallest absolute Gasteiger partial charge is 0.111 e. The van der Waals surface area contributed by atoms with Crippen molar-refractivity contribution in [2.75, 3.05) is 0 Å². The fraction of sp³-hybridized carbons (Fsp3) is 0.778. The zero-order valence-corrected chi connectivity index (χ0v) is 8.16. The molecular weight excluding hydrogens is 152 g/mol. The summed E-state index contributed by atoms with van der Waals surface area (Å²) in [6, 6.07) is 0. The normalized spacial score (nSPS) is 13.8. The molecule has 3 heteroatoms. The molecule has 0 saturated heterocycles. The van der Waals surface area contributed by atoms with Crippen LogP contribution in [0.25, 0.3) is 0 Å². The Hall–Kier alpha value is -0.860. The molecule has 0 aromatic carbocycles. The number of nitrogens with zero attached hydrogens (tertiary/aromatic N) is 2. The molecule has 0 aliphatic rings. The Morgan fingerprint density at radius 1 is 1.17 bits per heavy atom. The van der Waals surface area contributed by atoms with E-state index in [0.29, 0.717) is 11.8 Å². The standard InChI is InChI=1S/C9H16N2O/c1-5-7(4)9-8(6(2)3)10-12-11-9/h6-7H,5H2,1-4H3. The largest absolute Gasteiger partial charge is 0.244 e. The Labute approximate surface area is 73.1 Å².